The lowest BCUT2D eigenvalue weighted by atomic mass is 10.1. The van der Waals surface area contributed by atoms with Crippen molar-refractivity contribution >= 4 is 23.1 Å². The minimum atomic E-state index is -1.10. The predicted octanol–water partition coefficient (Wildman–Crippen LogP) is 1.38. The molecule has 0 aliphatic rings. The van der Waals surface area contributed by atoms with Crippen molar-refractivity contribution < 1.29 is 9.90 Å². The first-order valence-corrected chi connectivity index (χ1v) is 5.01. The minimum Gasteiger partial charge on any atom is -0.480 e. The van der Waals surface area contributed by atoms with Gasteiger partial charge in [0.1, 0.15) is 11.9 Å². The number of carbonyl (C=O) groups is 1. The molecule has 0 aliphatic heterocycles. The molecule has 0 spiro atoms. The van der Waals surface area contributed by atoms with Crippen molar-refractivity contribution in [1.29, 1.82) is 0 Å². The smallest absolute Gasteiger partial charge is 0.325 e. The van der Waals surface area contributed by atoms with E-state index in [0.29, 0.717) is 16.9 Å². The lowest BCUT2D eigenvalue weighted by Gasteiger charge is -2.09. The van der Waals surface area contributed by atoms with Crippen LogP contribution in [0.4, 0.5) is 0 Å². The molecule has 0 aliphatic carbocycles. The quantitative estimate of drug-likeness (QED) is 0.830. The monoisotopic (exact) mass is 239 g/mol. The van der Waals surface area contributed by atoms with Crippen molar-refractivity contribution in [2.45, 2.75) is 13.0 Å². The van der Waals surface area contributed by atoms with Gasteiger partial charge in [0.15, 0.2) is 5.15 Å². The van der Waals surface area contributed by atoms with Crippen LogP contribution in [0.2, 0.25) is 5.15 Å². The van der Waals surface area contributed by atoms with Crippen LogP contribution >= 0.6 is 11.6 Å². The van der Waals surface area contributed by atoms with Crippen LogP contribution in [-0.4, -0.2) is 20.5 Å². The molecular formula is C10H10ClN3O2. The zero-order chi connectivity index (χ0) is 11.9. The SMILES string of the molecule is Cc1nc(Cl)c2c(C(N)C(=O)O)cccn12. The number of rotatable bonds is 2. The second-order valence-corrected chi connectivity index (χ2v) is 3.81. The van der Waals surface area contributed by atoms with Crippen LogP contribution in [0.1, 0.15) is 17.4 Å². The average Bonchev–Trinajstić information content (AvgIpc) is 2.54. The van der Waals surface area contributed by atoms with Gasteiger partial charge in [0.2, 0.25) is 0 Å². The van der Waals surface area contributed by atoms with Crippen LogP contribution in [0.25, 0.3) is 5.52 Å². The highest BCUT2D eigenvalue weighted by Crippen LogP contribution is 2.25. The summed E-state index contributed by atoms with van der Waals surface area (Å²) in [6, 6.07) is 2.26. The van der Waals surface area contributed by atoms with Gasteiger partial charge in [-0.25, -0.2) is 4.98 Å². The number of hydrogen-bond acceptors (Lipinski definition) is 3. The average molecular weight is 240 g/mol. The summed E-state index contributed by atoms with van der Waals surface area (Å²) in [5.41, 5.74) is 6.59. The fourth-order valence-corrected chi connectivity index (χ4v) is 1.97. The maximum absolute atomic E-state index is 10.9. The Morgan fingerprint density at radius 2 is 2.38 bits per heavy atom. The first kappa shape index (κ1) is 10.9. The molecule has 6 heteroatoms. The molecule has 0 saturated heterocycles. The summed E-state index contributed by atoms with van der Waals surface area (Å²) < 4.78 is 1.72. The second kappa shape index (κ2) is 3.77. The number of aliphatic carboxylic acids is 1. The highest BCUT2D eigenvalue weighted by atomic mass is 35.5. The maximum atomic E-state index is 10.9. The van der Waals surface area contributed by atoms with Crippen LogP contribution < -0.4 is 5.73 Å². The molecule has 2 aromatic rings. The van der Waals surface area contributed by atoms with Gasteiger partial charge in [0, 0.05) is 11.8 Å². The number of nitrogens with zero attached hydrogens (tertiary/aromatic N) is 2. The van der Waals surface area contributed by atoms with Crippen LogP contribution in [0.3, 0.4) is 0 Å². The van der Waals surface area contributed by atoms with Gasteiger partial charge in [0.25, 0.3) is 0 Å². The molecule has 84 valence electrons. The fraction of sp³-hybridized carbons (Fsp3) is 0.200. The Morgan fingerprint density at radius 3 is 3.00 bits per heavy atom. The molecule has 0 bridgehead atoms. The number of nitrogens with two attached hydrogens (primary N) is 1. The zero-order valence-electron chi connectivity index (χ0n) is 8.51. The molecule has 2 heterocycles. The maximum Gasteiger partial charge on any atom is 0.325 e. The number of pyridine rings is 1. The summed E-state index contributed by atoms with van der Waals surface area (Å²) in [6.45, 7) is 1.79. The minimum absolute atomic E-state index is 0.268. The van der Waals surface area contributed by atoms with Gasteiger partial charge in [0.05, 0.1) is 5.52 Å². The van der Waals surface area contributed by atoms with Crippen molar-refractivity contribution in [3.63, 3.8) is 0 Å². The van der Waals surface area contributed by atoms with Crippen molar-refractivity contribution in [3.8, 4) is 0 Å². The summed E-state index contributed by atoms with van der Waals surface area (Å²) >= 11 is 5.95. The van der Waals surface area contributed by atoms with E-state index in [4.69, 9.17) is 22.4 Å². The molecule has 0 aromatic carbocycles. The van der Waals surface area contributed by atoms with Crippen molar-refractivity contribution in [2.24, 2.45) is 5.73 Å². The standard InChI is InChI=1S/C10H10ClN3O2/c1-5-13-9(11)8-6(7(12)10(15)16)3-2-4-14(5)8/h2-4,7H,12H2,1H3,(H,15,16). The number of carboxylic acids is 1. The van der Waals surface area contributed by atoms with Gasteiger partial charge in [-0.2, -0.15) is 0 Å². The van der Waals surface area contributed by atoms with Gasteiger partial charge < -0.3 is 15.2 Å². The van der Waals surface area contributed by atoms with Crippen LogP contribution in [0.15, 0.2) is 18.3 Å². The summed E-state index contributed by atoms with van der Waals surface area (Å²) in [6.07, 6.45) is 1.77. The van der Waals surface area contributed by atoms with Crippen molar-refractivity contribution in [3.05, 3.63) is 34.9 Å². The Labute approximate surface area is 96.5 Å². The van der Waals surface area contributed by atoms with E-state index in [1.807, 2.05) is 0 Å². The third-order valence-corrected chi connectivity index (χ3v) is 2.69. The molecular weight excluding hydrogens is 230 g/mol. The number of imidazole rings is 1. The van der Waals surface area contributed by atoms with Gasteiger partial charge in [-0.3, -0.25) is 4.79 Å². The van der Waals surface area contributed by atoms with E-state index in [9.17, 15) is 4.79 Å². The van der Waals surface area contributed by atoms with E-state index in [-0.39, 0.29) is 5.15 Å². The van der Waals surface area contributed by atoms with Crippen LogP contribution in [-0.2, 0) is 4.79 Å². The van der Waals surface area contributed by atoms with Gasteiger partial charge in [-0.15, -0.1) is 0 Å². The molecule has 0 saturated carbocycles. The normalized spacial score (nSPS) is 12.9. The molecule has 3 N–H and O–H groups in total. The van der Waals surface area contributed by atoms with E-state index < -0.39 is 12.0 Å². The number of aromatic nitrogens is 2. The van der Waals surface area contributed by atoms with E-state index in [2.05, 4.69) is 4.98 Å². The molecule has 2 aromatic heterocycles. The van der Waals surface area contributed by atoms with Gasteiger partial charge in [-0.1, -0.05) is 17.7 Å². The second-order valence-electron chi connectivity index (χ2n) is 3.45. The first-order chi connectivity index (χ1) is 7.52. The summed E-state index contributed by atoms with van der Waals surface area (Å²) in [4.78, 5) is 14.9. The van der Waals surface area contributed by atoms with E-state index >= 15 is 0 Å². The Morgan fingerprint density at radius 1 is 1.69 bits per heavy atom. The third kappa shape index (κ3) is 1.54. The number of halogens is 1. The van der Waals surface area contributed by atoms with E-state index in [1.165, 1.54) is 0 Å². The number of carboxylic acid groups (broad SMARTS) is 1. The van der Waals surface area contributed by atoms with Crippen molar-refractivity contribution in [2.75, 3.05) is 0 Å². The largest absolute Gasteiger partial charge is 0.480 e. The summed E-state index contributed by atoms with van der Waals surface area (Å²) in [5.74, 6) is -0.401. The molecule has 1 atom stereocenters. The molecule has 5 nitrogen and oxygen atoms in total. The van der Waals surface area contributed by atoms with E-state index in [1.54, 1.807) is 29.7 Å². The topological polar surface area (TPSA) is 80.6 Å². The molecule has 2 rings (SSSR count). The highest BCUT2D eigenvalue weighted by molar-refractivity contribution is 6.33. The highest BCUT2D eigenvalue weighted by Gasteiger charge is 2.20. The molecule has 0 radical (unpaired) electrons. The Bertz CT molecular complexity index is 564. The molecule has 0 amide bonds. The summed E-state index contributed by atoms with van der Waals surface area (Å²) in [7, 11) is 0. The lowest BCUT2D eigenvalue weighted by Crippen LogP contribution is -2.21. The number of aryl methyl sites for hydroxylation is 1. The predicted molar refractivity (Wildman–Crippen MR) is 59.5 cm³/mol. The summed E-state index contributed by atoms with van der Waals surface area (Å²) in [5, 5.41) is 9.16. The van der Waals surface area contributed by atoms with E-state index in [0.717, 1.165) is 0 Å². The fourth-order valence-electron chi connectivity index (χ4n) is 1.65. The number of hydrogen-bond donors (Lipinski definition) is 2. The van der Waals surface area contributed by atoms with Crippen LogP contribution in [0, 0.1) is 6.92 Å². The third-order valence-electron chi connectivity index (χ3n) is 2.43. The van der Waals surface area contributed by atoms with Crippen LogP contribution in [0.5, 0.6) is 0 Å². The Balaban J connectivity index is 2.75. The zero-order valence-corrected chi connectivity index (χ0v) is 9.27. The molecule has 1 unspecified atom stereocenters. The molecule has 16 heavy (non-hydrogen) atoms. The molecule has 0 fully saturated rings. The Hall–Kier alpha value is -1.59. The lowest BCUT2D eigenvalue weighted by molar-refractivity contribution is -0.138. The number of fused-ring (bicyclic) bond motifs is 1. The van der Waals surface area contributed by atoms with Gasteiger partial charge >= 0.3 is 5.97 Å². The van der Waals surface area contributed by atoms with Gasteiger partial charge in [-0.05, 0) is 13.0 Å². The Kier molecular flexibility index (Phi) is 2.57. The first-order valence-electron chi connectivity index (χ1n) is 4.64. The van der Waals surface area contributed by atoms with Crippen molar-refractivity contribution in [1.82, 2.24) is 9.38 Å².